The highest BCUT2D eigenvalue weighted by Crippen LogP contribution is 2.24. The molecule has 0 bridgehead atoms. The lowest BCUT2D eigenvalue weighted by Gasteiger charge is -2.05. The molecule has 0 amide bonds. The second-order valence-electron chi connectivity index (χ2n) is 4.38. The molecule has 0 heteroatoms. The molecule has 3 aromatic carbocycles. The molecule has 0 saturated heterocycles. The number of aryl methyl sites for hydroxylation is 2. The molecular formula is C16H13. The summed E-state index contributed by atoms with van der Waals surface area (Å²) in [6, 6.07) is 18.6. The maximum atomic E-state index is 3.48. The molecule has 0 aliphatic rings. The minimum atomic E-state index is 1.19. The van der Waals surface area contributed by atoms with Crippen LogP contribution in [0.1, 0.15) is 11.1 Å². The molecule has 0 N–H and O–H groups in total. The topological polar surface area (TPSA) is 0 Å². The summed E-state index contributed by atoms with van der Waals surface area (Å²) in [5, 5.41) is 4.94. The first-order valence-corrected chi connectivity index (χ1v) is 5.56. The van der Waals surface area contributed by atoms with Gasteiger partial charge < -0.3 is 0 Å². The van der Waals surface area contributed by atoms with E-state index in [0.29, 0.717) is 0 Å². The minimum Gasteiger partial charge on any atom is -0.0616 e. The van der Waals surface area contributed by atoms with Gasteiger partial charge in [0.05, 0.1) is 0 Å². The van der Waals surface area contributed by atoms with Crippen LogP contribution in [0.5, 0.6) is 0 Å². The fourth-order valence-electron chi connectivity index (χ4n) is 2.12. The van der Waals surface area contributed by atoms with Crippen LogP contribution in [0.25, 0.3) is 21.5 Å². The Morgan fingerprint density at radius 2 is 1.50 bits per heavy atom. The van der Waals surface area contributed by atoms with Gasteiger partial charge >= 0.3 is 0 Å². The SMILES string of the molecule is Cc1cc2[c]c3ccccc3cc2cc1C. The van der Waals surface area contributed by atoms with Crippen molar-refractivity contribution < 1.29 is 0 Å². The Bertz CT molecular complexity index is 618. The molecule has 0 spiro atoms. The highest BCUT2D eigenvalue weighted by atomic mass is 14.0. The Morgan fingerprint density at radius 1 is 0.750 bits per heavy atom. The number of hydrogen-bond donors (Lipinski definition) is 0. The third-order valence-corrected chi connectivity index (χ3v) is 3.21. The minimum absolute atomic E-state index is 1.19. The van der Waals surface area contributed by atoms with Crippen LogP contribution in [0, 0.1) is 19.9 Å². The van der Waals surface area contributed by atoms with Crippen molar-refractivity contribution in [3.05, 3.63) is 59.7 Å². The van der Waals surface area contributed by atoms with E-state index < -0.39 is 0 Å². The van der Waals surface area contributed by atoms with Gasteiger partial charge in [0.1, 0.15) is 0 Å². The summed E-state index contributed by atoms with van der Waals surface area (Å²) in [4.78, 5) is 0. The summed E-state index contributed by atoms with van der Waals surface area (Å²) in [6.45, 7) is 4.31. The second-order valence-corrected chi connectivity index (χ2v) is 4.38. The van der Waals surface area contributed by atoms with Gasteiger partial charge in [0.2, 0.25) is 0 Å². The van der Waals surface area contributed by atoms with E-state index in [2.05, 4.69) is 62.4 Å². The van der Waals surface area contributed by atoms with Gasteiger partial charge in [0.25, 0.3) is 0 Å². The zero-order valence-electron chi connectivity index (χ0n) is 9.54. The van der Waals surface area contributed by atoms with Crippen LogP contribution in [0.4, 0.5) is 0 Å². The molecule has 0 aliphatic heterocycles. The van der Waals surface area contributed by atoms with Crippen LogP contribution >= 0.6 is 0 Å². The quantitative estimate of drug-likeness (QED) is 0.477. The third-order valence-electron chi connectivity index (χ3n) is 3.21. The average Bonchev–Trinajstić information content (AvgIpc) is 2.28. The van der Waals surface area contributed by atoms with Crippen molar-refractivity contribution in [2.24, 2.45) is 0 Å². The first-order chi connectivity index (χ1) is 7.74. The zero-order valence-corrected chi connectivity index (χ0v) is 9.54. The van der Waals surface area contributed by atoms with Gasteiger partial charge in [-0.05, 0) is 58.7 Å². The molecule has 0 unspecified atom stereocenters. The predicted octanol–water partition coefficient (Wildman–Crippen LogP) is 4.41. The summed E-state index contributed by atoms with van der Waals surface area (Å²) in [5.41, 5.74) is 2.68. The van der Waals surface area contributed by atoms with Gasteiger partial charge in [-0.1, -0.05) is 36.4 Å². The van der Waals surface area contributed by atoms with Gasteiger partial charge in [-0.15, -0.1) is 0 Å². The highest BCUT2D eigenvalue weighted by Gasteiger charge is 2.00. The summed E-state index contributed by atoms with van der Waals surface area (Å²) in [6.07, 6.45) is 0. The molecule has 3 aromatic rings. The van der Waals surface area contributed by atoms with E-state index in [0.717, 1.165) is 0 Å². The first kappa shape index (κ1) is 9.41. The molecule has 0 saturated carbocycles. The maximum absolute atomic E-state index is 3.48. The van der Waals surface area contributed by atoms with E-state index in [-0.39, 0.29) is 0 Å². The lowest BCUT2D eigenvalue weighted by molar-refractivity contribution is 1.37. The molecule has 0 heterocycles. The number of rotatable bonds is 0. The molecule has 0 atom stereocenters. The predicted molar refractivity (Wildman–Crippen MR) is 69.8 cm³/mol. The van der Waals surface area contributed by atoms with E-state index in [4.69, 9.17) is 0 Å². The van der Waals surface area contributed by atoms with Crippen LogP contribution in [0.15, 0.2) is 42.5 Å². The standard InChI is InChI=1S/C16H13/c1-11-7-15-9-13-5-3-4-6-14(13)10-16(15)8-12(11)2/h3-9H,1-2H3. The summed E-state index contributed by atoms with van der Waals surface area (Å²) < 4.78 is 0. The monoisotopic (exact) mass is 205 g/mol. The van der Waals surface area contributed by atoms with Gasteiger partial charge in [0.15, 0.2) is 0 Å². The lowest BCUT2D eigenvalue weighted by Crippen LogP contribution is -1.83. The summed E-state index contributed by atoms with van der Waals surface area (Å²) in [5.74, 6) is 0. The normalized spacial score (nSPS) is 11.1. The van der Waals surface area contributed by atoms with Crippen molar-refractivity contribution >= 4 is 21.5 Å². The summed E-state index contributed by atoms with van der Waals surface area (Å²) >= 11 is 0. The Morgan fingerprint density at radius 3 is 2.38 bits per heavy atom. The Labute approximate surface area is 95.5 Å². The zero-order chi connectivity index (χ0) is 11.1. The van der Waals surface area contributed by atoms with Crippen LogP contribution in [-0.2, 0) is 0 Å². The Kier molecular flexibility index (Phi) is 1.97. The molecule has 0 nitrogen and oxygen atoms in total. The van der Waals surface area contributed by atoms with Crippen molar-refractivity contribution in [1.29, 1.82) is 0 Å². The molecule has 0 aliphatic carbocycles. The molecule has 16 heavy (non-hydrogen) atoms. The molecule has 0 fully saturated rings. The van der Waals surface area contributed by atoms with Crippen molar-refractivity contribution in [1.82, 2.24) is 0 Å². The van der Waals surface area contributed by atoms with Gasteiger partial charge in [-0.2, -0.15) is 0 Å². The van der Waals surface area contributed by atoms with Gasteiger partial charge in [-0.25, -0.2) is 0 Å². The number of hydrogen-bond acceptors (Lipinski definition) is 0. The van der Waals surface area contributed by atoms with Crippen LogP contribution < -0.4 is 0 Å². The number of fused-ring (bicyclic) bond motifs is 2. The van der Waals surface area contributed by atoms with E-state index in [1.807, 2.05) is 0 Å². The van der Waals surface area contributed by atoms with E-state index in [1.165, 1.54) is 32.7 Å². The van der Waals surface area contributed by atoms with E-state index in [1.54, 1.807) is 0 Å². The molecule has 0 aromatic heterocycles. The highest BCUT2D eigenvalue weighted by molar-refractivity contribution is 5.97. The molecular weight excluding hydrogens is 192 g/mol. The third kappa shape index (κ3) is 1.38. The average molecular weight is 205 g/mol. The molecule has 3 rings (SSSR count). The van der Waals surface area contributed by atoms with Crippen LogP contribution in [-0.4, -0.2) is 0 Å². The first-order valence-electron chi connectivity index (χ1n) is 5.56. The van der Waals surface area contributed by atoms with Crippen molar-refractivity contribution in [3.8, 4) is 0 Å². The van der Waals surface area contributed by atoms with Crippen molar-refractivity contribution in [3.63, 3.8) is 0 Å². The summed E-state index contributed by atoms with van der Waals surface area (Å²) in [7, 11) is 0. The maximum Gasteiger partial charge on any atom is -0.00142 e. The van der Waals surface area contributed by atoms with Gasteiger partial charge in [-0.3, -0.25) is 0 Å². The van der Waals surface area contributed by atoms with Crippen molar-refractivity contribution in [2.45, 2.75) is 13.8 Å². The lowest BCUT2D eigenvalue weighted by atomic mass is 9.99. The Hall–Kier alpha value is -1.82. The van der Waals surface area contributed by atoms with E-state index in [9.17, 15) is 0 Å². The van der Waals surface area contributed by atoms with Crippen LogP contribution in [0.3, 0.4) is 0 Å². The smallest absolute Gasteiger partial charge is 0.00142 e. The fraction of sp³-hybridized carbons (Fsp3) is 0.125. The second kappa shape index (κ2) is 3.34. The fourth-order valence-corrected chi connectivity index (χ4v) is 2.12. The molecule has 1 radical (unpaired) electrons. The molecule has 77 valence electrons. The Balaban J connectivity index is 2.46. The number of benzene rings is 3. The van der Waals surface area contributed by atoms with Crippen molar-refractivity contribution in [2.75, 3.05) is 0 Å². The van der Waals surface area contributed by atoms with Gasteiger partial charge in [0, 0.05) is 0 Å². The van der Waals surface area contributed by atoms with E-state index >= 15 is 0 Å². The largest absolute Gasteiger partial charge is 0.0616 e. The van der Waals surface area contributed by atoms with Crippen LogP contribution in [0.2, 0.25) is 0 Å².